The molecule has 0 aliphatic heterocycles. The Labute approximate surface area is 134 Å². The van der Waals surface area contributed by atoms with Crippen LogP contribution in [0.15, 0.2) is 34.0 Å². The lowest BCUT2D eigenvalue weighted by Gasteiger charge is -2.17. The molecule has 0 bridgehead atoms. The van der Waals surface area contributed by atoms with Gasteiger partial charge in [0.1, 0.15) is 10.0 Å². The number of hydrogen-bond donors (Lipinski definition) is 1. The Morgan fingerprint density at radius 2 is 2.05 bits per heavy atom. The number of nitrogens with zero attached hydrogens (tertiary/aromatic N) is 4. The van der Waals surface area contributed by atoms with Crippen LogP contribution in [-0.2, 0) is 10.0 Å². The second kappa shape index (κ2) is 7.03. The quantitative estimate of drug-likeness (QED) is 0.819. The van der Waals surface area contributed by atoms with Crippen molar-refractivity contribution in [1.29, 1.82) is 0 Å². The van der Waals surface area contributed by atoms with Gasteiger partial charge in [-0.2, -0.15) is 9.29 Å². The van der Waals surface area contributed by atoms with Gasteiger partial charge in [-0.3, -0.25) is 0 Å². The molecule has 0 amide bonds. The highest BCUT2D eigenvalue weighted by atomic mass is 32.2. The summed E-state index contributed by atoms with van der Waals surface area (Å²) in [6.07, 6.45) is 1.66. The predicted molar refractivity (Wildman–Crippen MR) is 89.0 cm³/mol. The third-order valence-corrected chi connectivity index (χ3v) is 6.20. The zero-order valence-electron chi connectivity index (χ0n) is 12.7. The first-order valence-corrected chi connectivity index (χ1v) is 8.97. The van der Waals surface area contributed by atoms with Gasteiger partial charge < -0.3 is 10.2 Å². The lowest BCUT2D eigenvalue weighted by atomic mass is 10.5. The van der Waals surface area contributed by atoms with E-state index in [4.69, 9.17) is 0 Å². The van der Waals surface area contributed by atoms with E-state index in [1.54, 1.807) is 36.8 Å². The van der Waals surface area contributed by atoms with E-state index in [9.17, 15) is 8.42 Å². The van der Waals surface area contributed by atoms with Crippen molar-refractivity contribution < 1.29 is 8.42 Å². The molecule has 0 aromatic carbocycles. The highest BCUT2D eigenvalue weighted by molar-refractivity contribution is 7.91. The zero-order chi connectivity index (χ0) is 16.2. The summed E-state index contributed by atoms with van der Waals surface area (Å²) in [5, 5.41) is 4.79. The van der Waals surface area contributed by atoms with Crippen LogP contribution in [0.3, 0.4) is 0 Å². The minimum atomic E-state index is -3.41. The topological polar surface area (TPSA) is 78.4 Å². The Kier molecular flexibility index (Phi) is 5.33. The number of hydrogen-bond acceptors (Lipinski definition) is 7. The third kappa shape index (κ3) is 3.93. The van der Waals surface area contributed by atoms with Crippen LogP contribution in [0, 0.1) is 0 Å². The standard InChI is InChI=1S/C13H19N5O2S2/c1-17(2)11-6-7-14-13(16-11)15-8-9-18(3)22(19,20)12-5-4-10-21-12/h4-7,10H,8-9H2,1-3H3,(H,14,15,16). The van der Waals surface area contributed by atoms with Crippen LogP contribution in [0.5, 0.6) is 0 Å². The molecular formula is C13H19N5O2S2. The maximum atomic E-state index is 12.2. The molecule has 0 atom stereocenters. The Hall–Kier alpha value is -1.71. The fourth-order valence-corrected chi connectivity index (χ4v) is 4.07. The number of thiophene rings is 1. The van der Waals surface area contributed by atoms with Crippen LogP contribution in [0.25, 0.3) is 0 Å². The van der Waals surface area contributed by atoms with Gasteiger partial charge in [0.2, 0.25) is 5.95 Å². The first-order valence-electron chi connectivity index (χ1n) is 6.65. The van der Waals surface area contributed by atoms with Gasteiger partial charge in [0.05, 0.1) is 0 Å². The fraction of sp³-hybridized carbons (Fsp3) is 0.385. The smallest absolute Gasteiger partial charge is 0.252 e. The summed E-state index contributed by atoms with van der Waals surface area (Å²) in [6, 6.07) is 5.14. The Bertz CT molecular complexity index is 701. The van der Waals surface area contributed by atoms with Gasteiger partial charge >= 0.3 is 0 Å². The van der Waals surface area contributed by atoms with Crippen molar-refractivity contribution in [3.63, 3.8) is 0 Å². The van der Waals surface area contributed by atoms with Crippen LogP contribution < -0.4 is 10.2 Å². The van der Waals surface area contributed by atoms with Crippen molar-refractivity contribution in [2.75, 3.05) is 44.4 Å². The second-order valence-corrected chi connectivity index (χ2v) is 8.04. The molecule has 0 aliphatic carbocycles. The Morgan fingerprint density at radius 3 is 2.68 bits per heavy atom. The molecule has 0 unspecified atom stereocenters. The molecule has 9 heteroatoms. The van der Waals surface area contributed by atoms with Gasteiger partial charge in [-0.15, -0.1) is 11.3 Å². The first-order chi connectivity index (χ1) is 10.4. The van der Waals surface area contributed by atoms with Crippen LogP contribution in [0.1, 0.15) is 0 Å². The zero-order valence-corrected chi connectivity index (χ0v) is 14.4. The average molecular weight is 341 g/mol. The van der Waals surface area contributed by atoms with Crippen molar-refractivity contribution in [1.82, 2.24) is 14.3 Å². The summed E-state index contributed by atoms with van der Waals surface area (Å²) in [5.74, 6) is 1.27. The molecule has 2 aromatic rings. The number of sulfonamides is 1. The highest BCUT2D eigenvalue weighted by Crippen LogP contribution is 2.19. The summed E-state index contributed by atoms with van der Waals surface area (Å²) >= 11 is 1.21. The molecule has 1 N–H and O–H groups in total. The summed E-state index contributed by atoms with van der Waals surface area (Å²) in [6.45, 7) is 0.758. The largest absolute Gasteiger partial charge is 0.363 e. The van der Waals surface area contributed by atoms with E-state index >= 15 is 0 Å². The molecule has 0 aliphatic rings. The van der Waals surface area contributed by atoms with Gasteiger partial charge in [-0.1, -0.05) is 6.07 Å². The van der Waals surface area contributed by atoms with Crippen molar-refractivity contribution >= 4 is 33.1 Å². The molecular weight excluding hydrogens is 322 g/mol. The van der Waals surface area contributed by atoms with Gasteiger partial charge in [-0.05, 0) is 17.5 Å². The molecule has 2 heterocycles. The fourth-order valence-electron chi connectivity index (χ4n) is 1.69. The summed E-state index contributed by atoms with van der Waals surface area (Å²) in [4.78, 5) is 10.3. The van der Waals surface area contributed by atoms with E-state index in [0.717, 1.165) is 5.82 Å². The Balaban J connectivity index is 1.92. The number of likely N-dealkylation sites (N-methyl/N-ethyl adjacent to an activating group) is 1. The van der Waals surface area contributed by atoms with Crippen LogP contribution in [0.2, 0.25) is 0 Å². The lowest BCUT2D eigenvalue weighted by Crippen LogP contribution is -2.31. The minimum Gasteiger partial charge on any atom is -0.363 e. The molecule has 0 saturated heterocycles. The van der Waals surface area contributed by atoms with E-state index < -0.39 is 10.0 Å². The van der Waals surface area contributed by atoms with Crippen molar-refractivity contribution in [2.45, 2.75) is 4.21 Å². The molecule has 0 radical (unpaired) electrons. The van der Waals surface area contributed by atoms with E-state index in [0.29, 0.717) is 23.2 Å². The Morgan fingerprint density at radius 1 is 1.27 bits per heavy atom. The first kappa shape index (κ1) is 16.7. The average Bonchev–Trinajstić information content (AvgIpc) is 3.02. The minimum absolute atomic E-state index is 0.329. The lowest BCUT2D eigenvalue weighted by molar-refractivity contribution is 0.482. The molecule has 120 valence electrons. The van der Waals surface area contributed by atoms with E-state index in [2.05, 4.69) is 15.3 Å². The summed E-state index contributed by atoms with van der Waals surface area (Å²) in [7, 11) is 1.95. The van der Waals surface area contributed by atoms with Crippen LogP contribution in [-0.4, -0.2) is 56.9 Å². The summed E-state index contributed by atoms with van der Waals surface area (Å²) in [5.41, 5.74) is 0. The third-order valence-electron chi connectivity index (χ3n) is 2.97. The van der Waals surface area contributed by atoms with Crippen LogP contribution in [0.4, 0.5) is 11.8 Å². The highest BCUT2D eigenvalue weighted by Gasteiger charge is 2.21. The normalized spacial score (nSPS) is 11.6. The molecule has 2 rings (SSSR count). The van der Waals surface area contributed by atoms with Crippen molar-refractivity contribution in [3.8, 4) is 0 Å². The molecule has 0 fully saturated rings. The predicted octanol–water partition coefficient (Wildman–Crippen LogP) is 1.34. The number of rotatable bonds is 7. The molecule has 0 spiro atoms. The number of aromatic nitrogens is 2. The van der Waals surface area contributed by atoms with E-state index in [1.807, 2.05) is 19.0 Å². The molecule has 7 nitrogen and oxygen atoms in total. The SMILES string of the molecule is CN(C)c1ccnc(NCCN(C)S(=O)(=O)c2cccs2)n1. The maximum Gasteiger partial charge on any atom is 0.252 e. The van der Waals surface area contributed by atoms with E-state index in [-0.39, 0.29) is 0 Å². The number of anilines is 2. The summed E-state index contributed by atoms with van der Waals surface area (Å²) < 4.78 is 26.2. The van der Waals surface area contributed by atoms with Gasteiger partial charge in [0.25, 0.3) is 10.0 Å². The number of nitrogens with one attached hydrogen (secondary N) is 1. The van der Waals surface area contributed by atoms with Gasteiger partial charge in [0, 0.05) is 40.4 Å². The second-order valence-electron chi connectivity index (χ2n) is 4.82. The molecule has 22 heavy (non-hydrogen) atoms. The molecule has 2 aromatic heterocycles. The maximum absolute atomic E-state index is 12.2. The van der Waals surface area contributed by atoms with Crippen molar-refractivity contribution in [3.05, 3.63) is 29.8 Å². The van der Waals surface area contributed by atoms with Crippen LogP contribution >= 0.6 is 11.3 Å². The molecule has 0 saturated carbocycles. The van der Waals surface area contributed by atoms with E-state index in [1.165, 1.54) is 15.6 Å². The van der Waals surface area contributed by atoms with Gasteiger partial charge in [0.15, 0.2) is 0 Å². The monoisotopic (exact) mass is 341 g/mol. The van der Waals surface area contributed by atoms with Crippen molar-refractivity contribution in [2.24, 2.45) is 0 Å². The van der Waals surface area contributed by atoms with Gasteiger partial charge in [-0.25, -0.2) is 13.4 Å².